The van der Waals surface area contributed by atoms with Crippen LogP contribution in [-0.4, -0.2) is 5.78 Å². The predicted octanol–water partition coefficient (Wildman–Crippen LogP) is 4.52. The lowest BCUT2D eigenvalue weighted by Gasteiger charge is -2.53. The van der Waals surface area contributed by atoms with Crippen LogP contribution in [0.2, 0.25) is 0 Å². The summed E-state index contributed by atoms with van der Waals surface area (Å²) in [6, 6.07) is 0. The van der Waals surface area contributed by atoms with Crippen LogP contribution in [-0.2, 0) is 4.79 Å². The van der Waals surface area contributed by atoms with E-state index in [-0.39, 0.29) is 16.7 Å². The summed E-state index contributed by atoms with van der Waals surface area (Å²) in [7, 11) is 0. The molecule has 2 rings (SSSR count). The van der Waals surface area contributed by atoms with Gasteiger partial charge in [0.2, 0.25) is 0 Å². The number of carbonyl (C=O) groups excluding carboxylic acids is 1. The quantitative estimate of drug-likeness (QED) is 0.610. The molecule has 0 fully saturated rings. The van der Waals surface area contributed by atoms with Crippen molar-refractivity contribution in [2.75, 3.05) is 0 Å². The van der Waals surface area contributed by atoms with E-state index < -0.39 is 0 Å². The summed E-state index contributed by atoms with van der Waals surface area (Å²) in [5.41, 5.74) is 3.55. The molecule has 2 aliphatic rings. The third-order valence-electron chi connectivity index (χ3n) is 5.76. The number of ketones is 1. The Morgan fingerprint density at radius 2 is 1.71 bits per heavy atom. The minimum Gasteiger partial charge on any atom is -0.300 e. The summed E-state index contributed by atoms with van der Waals surface area (Å²) in [6.45, 7) is 11.1. The molecule has 0 heterocycles. The molecule has 96 valence electrons. The second-order valence-corrected chi connectivity index (χ2v) is 7.00. The molecule has 1 atom stereocenters. The van der Waals surface area contributed by atoms with Crippen molar-refractivity contribution in [2.24, 2.45) is 16.7 Å². The van der Waals surface area contributed by atoms with Crippen LogP contribution in [0.5, 0.6) is 0 Å². The third kappa shape index (κ3) is 1.78. The number of allylic oxidation sites excluding steroid dienone is 2. The van der Waals surface area contributed by atoms with E-state index in [9.17, 15) is 4.79 Å². The molecule has 0 bridgehead atoms. The number of rotatable bonds is 1. The first kappa shape index (κ1) is 12.9. The van der Waals surface area contributed by atoms with Crippen LogP contribution >= 0.6 is 0 Å². The number of hydrogen-bond donors (Lipinski definition) is 0. The summed E-state index contributed by atoms with van der Waals surface area (Å²) in [4.78, 5) is 12.0. The molecule has 0 N–H and O–H groups in total. The Morgan fingerprint density at radius 3 is 2.29 bits per heavy atom. The molecular formula is C16H26O. The first-order chi connectivity index (χ1) is 7.78. The monoisotopic (exact) mass is 234 g/mol. The fraction of sp³-hybridized carbons (Fsp3) is 0.812. The van der Waals surface area contributed by atoms with Crippen molar-refractivity contribution < 1.29 is 4.79 Å². The smallest absolute Gasteiger partial charge is 0.133 e. The SMILES string of the molecule is CC(=O)C1CC2=C(CCCC2)C(C)(C)C1(C)C. The fourth-order valence-electron chi connectivity index (χ4n) is 3.93. The Kier molecular flexibility index (Phi) is 3.00. The van der Waals surface area contributed by atoms with Gasteiger partial charge in [-0.3, -0.25) is 4.79 Å². The number of carbonyl (C=O) groups is 1. The third-order valence-corrected chi connectivity index (χ3v) is 5.76. The van der Waals surface area contributed by atoms with Crippen molar-refractivity contribution in [3.8, 4) is 0 Å². The standard InChI is InChI=1S/C16H26O/c1-11(17)14-10-12-8-6-7-9-13(12)15(2,3)16(14,4)5/h14H,6-10H2,1-5H3. The van der Waals surface area contributed by atoms with Gasteiger partial charge in [-0.05, 0) is 49.9 Å². The van der Waals surface area contributed by atoms with E-state index in [1.54, 1.807) is 18.1 Å². The zero-order valence-electron chi connectivity index (χ0n) is 12.0. The van der Waals surface area contributed by atoms with Crippen LogP contribution in [0.1, 0.15) is 66.7 Å². The van der Waals surface area contributed by atoms with Crippen LogP contribution in [0, 0.1) is 16.7 Å². The first-order valence-corrected chi connectivity index (χ1v) is 7.00. The van der Waals surface area contributed by atoms with Gasteiger partial charge in [-0.1, -0.05) is 38.8 Å². The molecule has 0 amide bonds. The van der Waals surface area contributed by atoms with Gasteiger partial charge < -0.3 is 0 Å². The van der Waals surface area contributed by atoms with E-state index in [0.29, 0.717) is 5.78 Å². The van der Waals surface area contributed by atoms with Gasteiger partial charge in [-0.15, -0.1) is 0 Å². The van der Waals surface area contributed by atoms with E-state index in [1.807, 2.05) is 0 Å². The summed E-state index contributed by atoms with van der Waals surface area (Å²) < 4.78 is 0. The fourth-order valence-corrected chi connectivity index (χ4v) is 3.93. The highest BCUT2D eigenvalue weighted by Gasteiger charge is 2.50. The topological polar surface area (TPSA) is 17.1 Å². The van der Waals surface area contributed by atoms with Crippen molar-refractivity contribution in [1.29, 1.82) is 0 Å². The van der Waals surface area contributed by atoms with Crippen molar-refractivity contribution >= 4 is 5.78 Å². The molecule has 0 spiro atoms. The van der Waals surface area contributed by atoms with Gasteiger partial charge >= 0.3 is 0 Å². The molecule has 0 aromatic carbocycles. The van der Waals surface area contributed by atoms with Crippen LogP contribution in [0.4, 0.5) is 0 Å². The van der Waals surface area contributed by atoms with Gasteiger partial charge in [0.25, 0.3) is 0 Å². The molecule has 0 saturated heterocycles. The maximum absolute atomic E-state index is 12.0. The van der Waals surface area contributed by atoms with Gasteiger partial charge in [0.15, 0.2) is 0 Å². The van der Waals surface area contributed by atoms with Gasteiger partial charge in [0.05, 0.1) is 0 Å². The Labute approximate surface area is 106 Å². The van der Waals surface area contributed by atoms with Crippen LogP contribution in [0.25, 0.3) is 0 Å². The van der Waals surface area contributed by atoms with E-state index in [4.69, 9.17) is 0 Å². The van der Waals surface area contributed by atoms with Crippen molar-refractivity contribution in [3.05, 3.63) is 11.1 Å². The lowest BCUT2D eigenvalue weighted by Crippen LogP contribution is -2.47. The molecular weight excluding hydrogens is 208 g/mol. The summed E-state index contributed by atoms with van der Waals surface area (Å²) in [5.74, 6) is 0.592. The normalized spacial score (nSPS) is 31.0. The van der Waals surface area contributed by atoms with Crippen LogP contribution in [0.3, 0.4) is 0 Å². The summed E-state index contributed by atoms with van der Waals surface area (Å²) >= 11 is 0. The largest absolute Gasteiger partial charge is 0.300 e. The number of Topliss-reactive ketones (excluding diaryl/α,β-unsaturated/α-hetero) is 1. The van der Waals surface area contributed by atoms with Gasteiger partial charge in [0.1, 0.15) is 5.78 Å². The Bertz CT molecular complexity index is 371. The highest BCUT2D eigenvalue weighted by molar-refractivity contribution is 5.80. The van der Waals surface area contributed by atoms with Crippen molar-refractivity contribution in [1.82, 2.24) is 0 Å². The molecule has 0 radical (unpaired) electrons. The summed E-state index contributed by atoms with van der Waals surface area (Å²) in [6.07, 6.45) is 6.18. The van der Waals surface area contributed by atoms with Crippen molar-refractivity contribution in [2.45, 2.75) is 66.7 Å². The highest BCUT2D eigenvalue weighted by atomic mass is 16.1. The summed E-state index contributed by atoms with van der Waals surface area (Å²) in [5, 5.41) is 0. The van der Waals surface area contributed by atoms with Crippen molar-refractivity contribution in [3.63, 3.8) is 0 Å². The maximum atomic E-state index is 12.0. The first-order valence-electron chi connectivity index (χ1n) is 7.00. The molecule has 17 heavy (non-hydrogen) atoms. The van der Waals surface area contributed by atoms with E-state index in [2.05, 4.69) is 27.7 Å². The van der Waals surface area contributed by atoms with Gasteiger partial charge in [0, 0.05) is 5.92 Å². The molecule has 1 unspecified atom stereocenters. The average molecular weight is 234 g/mol. The highest BCUT2D eigenvalue weighted by Crippen LogP contribution is 2.58. The number of hydrogen-bond acceptors (Lipinski definition) is 1. The molecule has 0 aromatic heterocycles. The lowest BCUT2D eigenvalue weighted by molar-refractivity contribution is -0.127. The molecule has 2 aliphatic carbocycles. The Morgan fingerprint density at radius 1 is 1.12 bits per heavy atom. The second-order valence-electron chi connectivity index (χ2n) is 7.00. The second kappa shape index (κ2) is 3.96. The van der Waals surface area contributed by atoms with Gasteiger partial charge in [-0.25, -0.2) is 0 Å². The lowest BCUT2D eigenvalue weighted by atomic mass is 9.50. The van der Waals surface area contributed by atoms with E-state index in [0.717, 1.165) is 6.42 Å². The van der Waals surface area contributed by atoms with Gasteiger partial charge in [-0.2, -0.15) is 0 Å². The Hall–Kier alpha value is -0.590. The van der Waals surface area contributed by atoms with Crippen LogP contribution in [0.15, 0.2) is 11.1 Å². The minimum absolute atomic E-state index is 0.0923. The predicted molar refractivity (Wildman–Crippen MR) is 71.8 cm³/mol. The van der Waals surface area contributed by atoms with E-state index in [1.165, 1.54) is 25.7 Å². The Balaban J connectivity index is 2.49. The average Bonchev–Trinajstić information content (AvgIpc) is 2.24. The van der Waals surface area contributed by atoms with E-state index >= 15 is 0 Å². The molecule has 1 heteroatoms. The maximum Gasteiger partial charge on any atom is 0.133 e. The zero-order valence-corrected chi connectivity index (χ0v) is 12.0. The molecule has 0 aliphatic heterocycles. The van der Waals surface area contributed by atoms with Crippen LogP contribution < -0.4 is 0 Å². The zero-order chi connectivity index (χ0) is 12.8. The molecule has 0 aromatic rings. The minimum atomic E-state index is 0.0923. The molecule has 0 saturated carbocycles. The molecule has 1 nitrogen and oxygen atoms in total.